The lowest BCUT2D eigenvalue weighted by molar-refractivity contribution is 0.00843. The fourth-order valence-corrected chi connectivity index (χ4v) is 0. The molecule has 0 aliphatic heterocycles. The van der Waals surface area contributed by atoms with Crippen molar-refractivity contribution in [2.75, 3.05) is 0 Å². The number of aliphatic hydroxyl groups is 1. The molecule has 0 aromatic carbocycles. The fraction of sp³-hybridized carbons (Fsp3) is 1.00. The minimum absolute atomic E-state index is 1.60. The first-order chi connectivity index (χ1) is 2.94. The van der Waals surface area contributed by atoms with Gasteiger partial charge in [-0.25, -0.2) is 0 Å². The van der Waals surface area contributed by atoms with Gasteiger partial charge in [-0.05, 0) is 11.6 Å². The number of hydrogen-bond acceptors (Lipinski definition) is 1. The lowest BCUT2D eigenvalue weighted by Crippen LogP contribution is -2.21. The minimum Gasteiger partial charge on any atom is -0.348 e. The van der Waals surface area contributed by atoms with Gasteiger partial charge in [0.2, 0.25) is 0 Å². The summed E-state index contributed by atoms with van der Waals surface area (Å²) in [5.41, 5.74) is 0. The van der Waals surface area contributed by atoms with Crippen molar-refractivity contribution in [3.05, 3.63) is 0 Å². The van der Waals surface area contributed by atoms with E-state index in [0.717, 1.165) is 0 Å². The van der Waals surface area contributed by atoms with Gasteiger partial charge in [-0.15, -0.1) is 0 Å². The van der Waals surface area contributed by atoms with Gasteiger partial charge in [-0.2, -0.15) is 4.39 Å². The zero-order valence-corrected chi connectivity index (χ0v) is 5.30. The predicted octanol–water partition coefficient (Wildman–Crippen LogP) is 1.64. The molecule has 0 bridgehead atoms. The Hall–Kier alpha value is 0.760. The zero-order chi connectivity index (χ0) is 6.08. The van der Waals surface area contributed by atoms with E-state index in [2.05, 4.69) is 11.6 Å². The fourth-order valence-electron chi connectivity index (χ4n) is 0. The zero-order valence-electron chi connectivity index (χ0n) is 3.04. The molecular weight excluding hydrogens is 165 g/mol. The third-order valence-corrected chi connectivity index (χ3v) is 1.28. The van der Waals surface area contributed by atoms with Crippen molar-refractivity contribution >= 4 is 34.8 Å². The number of halogens is 4. The summed E-state index contributed by atoms with van der Waals surface area (Å²) in [5, 5.41) is 4.93. The van der Waals surface area contributed by atoms with E-state index >= 15 is 0 Å². The Kier molecular flexibility index (Phi) is 2.61. The molecule has 0 spiro atoms. The van der Waals surface area contributed by atoms with Gasteiger partial charge in [0, 0.05) is 0 Å². The molecule has 0 amide bonds. The molecule has 0 heterocycles. The van der Waals surface area contributed by atoms with Crippen LogP contribution in [-0.4, -0.2) is 15.3 Å². The third kappa shape index (κ3) is 3.35. The van der Waals surface area contributed by atoms with Crippen LogP contribution in [0.25, 0.3) is 0 Å². The Bertz CT molecular complexity index is 58.4. The molecule has 0 fully saturated rings. The molecule has 5 heteroatoms. The molecule has 7 heavy (non-hydrogen) atoms. The largest absolute Gasteiger partial charge is 0.348 e. The first-order valence-corrected chi connectivity index (χ1v) is 2.58. The molecule has 44 valence electrons. The molecule has 0 aromatic rings. The van der Waals surface area contributed by atoms with E-state index in [1.54, 1.807) is 0 Å². The summed E-state index contributed by atoms with van der Waals surface area (Å²) in [7, 11) is 0. The average molecular weight is 167 g/mol. The molecule has 0 aromatic heterocycles. The van der Waals surface area contributed by atoms with Crippen molar-refractivity contribution in [1.29, 1.82) is 0 Å². The van der Waals surface area contributed by atoms with E-state index in [9.17, 15) is 4.39 Å². The van der Waals surface area contributed by atoms with Crippen LogP contribution in [-0.2, 0) is 0 Å². The number of hydrogen-bond donors (Lipinski definition) is 1. The first-order valence-electron chi connectivity index (χ1n) is 1.33. The number of rotatable bonds is 1. The quantitative estimate of drug-likeness (QED) is 0.589. The highest BCUT2D eigenvalue weighted by Crippen LogP contribution is 2.25. The van der Waals surface area contributed by atoms with Gasteiger partial charge in [-0.3, -0.25) is 0 Å². The van der Waals surface area contributed by atoms with E-state index in [1.165, 1.54) is 0 Å². The molecular formula is C2H2Cl3FO. The summed E-state index contributed by atoms with van der Waals surface area (Å²) in [5.74, 6) is 0. The van der Waals surface area contributed by atoms with Crippen LogP contribution in [0.4, 0.5) is 4.39 Å². The molecule has 1 nitrogen and oxygen atoms in total. The average Bonchev–Trinajstić information content (AvgIpc) is 1.31. The van der Waals surface area contributed by atoms with E-state index in [-0.39, 0.29) is 0 Å². The monoisotopic (exact) mass is 166 g/mol. The van der Waals surface area contributed by atoms with Gasteiger partial charge in [-0.1, -0.05) is 23.2 Å². The topological polar surface area (TPSA) is 20.2 Å². The van der Waals surface area contributed by atoms with E-state index in [0.29, 0.717) is 0 Å². The Balaban J connectivity index is 3.54. The molecule has 0 saturated heterocycles. The second-order valence-corrected chi connectivity index (χ2v) is 2.51. The summed E-state index contributed by atoms with van der Waals surface area (Å²) in [6, 6.07) is 0. The van der Waals surface area contributed by atoms with Crippen LogP contribution < -0.4 is 0 Å². The van der Waals surface area contributed by atoms with E-state index in [4.69, 9.17) is 28.3 Å². The van der Waals surface area contributed by atoms with E-state index in [1.807, 2.05) is 0 Å². The molecule has 0 radical (unpaired) electrons. The molecule has 1 N–H and O–H groups in total. The summed E-state index contributed by atoms with van der Waals surface area (Å²) < 4.78 is 11.6. The maximum atomic E-state index is 11.6. The van der Waals surface area contributed by atoms with Crippen LogP contribution in [0.2, 0.25) is 0 Å². The van der Waals surface area contributed by atoms with Crippen molar-refractivity contribution in [1.82, 2.24) is 0 Å². The second kappa shape index (κ2) is 2.35. The van der Waals surface area contributed by atoms with Gasteiger partial charge in [0.15, 0.2) is 4.84 Å². The molecule has 0 aliphatic carbocycles. The maximum Gasteiger partial charge on any atom is 0.314 e. The van der Waals surface area contributed by atoms with Crippen LogP contribution in [0.1, 0.15) is 0 Å². The Labute approximate surface area is 55.0 Å². The van der Waals surface area contributed by atoms with Gasteiger partial charge < -0.3 is 5.11 Å². The Morgan fingerprint density at radius 1 is 1.57 bits per heavy atom. The highest BCUT2D eigenvalue weighted by molar-refractivity contribution is 6.48. The molecule has 1 atom stereocenters. The van der Waals surface area contributed by atoms with Crippen LogP contribution >= 0.6 is 34.8 Å². The van der Waals surface area contributed by atoms with Crippen LogP contribution in [0.15, 0.2) is 0 Å². The minimum atomic E-state index is -3.00. The van der Waals surface area contributed by atoms with Gasteiger partial charge in [0.25, 0.3) is 0 Å². The molecule has 1 unspecified atom stereocenters. The highest BCUT2D eigenvalue weighted by Gasteiger charge is 2.30. The molecule has 0 aliphatic rings. The summed E-state index contributed by atoms with van der Waals surface area (Å²) in [4.78, 5) is -1.60. The van der Waals surface area contributed by atoms with Gasteiger partial charge in [0.1, 0.15) is 0 Å². The van der Waals surface area contributed by atoms with Crippen molar-refractivity contribution in [2.45, 2.75) is 10.2 Å². The second-order valence-electron chi connectivity index (χ2n) is 0.888. The van der Waals surface area contributed by atoms with Gasteiger partial charge >= 0.3 is 5.31 Å². The molecule has 0 rings (SSSR count). The summed E-state index contributed by atoms with van der Waals surface area (Å²) in [6.45, 7) is 0. The maximum absolute atomic E-state index is 11.6. The van der Waals surface area contributed by atoms with Crippen molar-refractivity contribution in [2.24, 2.45) is 0 Å². The predicted molar refractivity (Wildman–Crippen MR) is 27.4 cm³/mol. The SMILES string of the molecule is OC(F)(Cl)C(Cl)Cl. The van der Waals surface area contributed by atoms with Crippen LogP contribution in [0.5, 0.6) is 0 Å². The standard InChI is InChI=1S/C2H2Cl3FO/c3-1(4)2(5,6)7/h1,7H. The Morgan fingerprint density at radius 2 is 1.71 bits per heavy atom. The lowest BCUT2D eigenvalue weighted by atomic mass is 10.8. The van der Waals surface area contributed by atoms with Crippen LogP contribution in [0, 0.1) is 0 Å². The van der Waals surface area contributed by atoms with Crippen molar-refractivity contribution < 1.29 is 9.50 Å². The van der Waals surface area contributed by atoms with Crippen molar-refractivity contribution in [3.63, 3.8) is 0 Å². The van der Waals surface area contributed by atoms with Gasteiger partial charge in [0.05, 0.1) is 0 Å². The highest BCUT2D eigenvalue weighted by atomic mass is 35.5. The third-order valence-electron chi connectivity index (χ3n) is 0.263. The summed E-state index contributed by atoms with van der Waals surface area (Å²) in [6.07, 6.45) is 0. The van der Waals surface area contributed by atoms with Crippen molar-refractivity contribution in [3.8, 4) is 0 Å². The summed E-state index contributed by atoms with van der Waals surface area (Å²) >= 11 is 14.0. The van der Waals surface area contributed by atoms with E-state index < -0.39 is 10.2 Å². The number of alkyl halides is 4. The normalized spacial score (nSPS) is 19.7. The van der Waals surface area contributed by atoms with Crippen LogP contribution in [0.3, 0.4) is 0 Å². The first kappa shape index (κ1) is 7.76. The molecule has 0 saturated carbocycles. The smallest absolute Gasteiger partial charge is 0.314 e. The lowest BCUT2D eigenvalue weighted by Gasteiger charge is -2.08. The Morgan fingerprint density at radius 3 is 1.71 bits per heavy atom.